The van der Waals surface area contributed by atoms with Gasteiger partial charge in [-0.3, -0.25) is 14.2 Å². The summed E-state index contributed by atoms with van der Waals surface area (Å²) in [5, 5.41) is 9.27. The van der Waals surface area contributed by atoms with E-state index in [1.165, 1.54) is 0 Å². The lowest BCUT2D eigenvalue weighted by Crippen LogP contribution is -2.45. The Morgan fingerprint density at radius 2 is 1.84 bits per heavy atom. The average molecular weight is 429 g/mol. The van der Waals surface area contributed by atoms with Crippen LogP contribution in [0.3, 0.4) is 0 Å². The molecule has 0 saturated carbocycles. The van der Waals surface area contributed by atoms with Crippen LogP contribution in [0.1, 0.15) is 45.1 Å². The topological polar surface area (TPSA) is 98.6 Å². The monoisotopic (exact) mass is 428 g/mol. The van der Waals surface area contributed by atoms with Gasteiger partial charge in [-0.05, 0) is 56.2 Å². The van der Waals surface area contributed by atoms with E-state index in [4.69, 9.17) is 0 Å². The van der Waals surface area contributed by atoms with Gasteiger partial charge >= 0.3 is 11.7 Å². The number of aliphatic carboxylic acids is 1. The van der Waals surface area contributed by atoms with Crippen LogP contribution >= 0.6 is 0 Å². The number of aromatic amines is 1. The molecule has 8 nitrogen and oxygen atoms in total. The molecule has 0 radical (unpaired) electrons. The number of carbonyl (C=O) groups excluding carboxylic acids is 1. The Hall–Kier alpha value is -2.61. The molecular weight excluding hydrogens is 396 g/mol. The Kier molecular flexibility index (Phi) is 6.46. The van der Waals surface area contributed by atoms with Crippen LogP contribution in [0.25, 0.3) is 11.0 Å². The highest BCUT2D eigenvalue weighted by Gasteiger charge is 2.32. The van der Waals surface area contributed by atoms with E-state index in [-0.39, 0.29) is 35.9 Å². The van der Waals surface area contributed by atoms with Crippen molar-refractivity contribution in [3.8, 4) is 0 Å². The van der Waals surface area contributed by atoms with Crippen LogP contribution in [-0.4, -0.2) is 69.1 Å². The van der Waals surface area contributed by atoms with Crippen molar-refractivity contribution in [2.75, 3.05) is 32.7 Å². The first-order valence-corrected chi connectivity index (χ1v) is 11.3. The summed E-state index contributed by atoms with van der Waals surface area (Å²) in [6, 6.07) is 8.02. The minimum Gasteiger partial charge on any atom is -0.481 e. The lowest BCUT2D eigenvalue weighted by atomic mass is 9.81. The van der Waals surface area contributed by atoms with E-state index >= 15 is 0 Å². The highest BCUT2D eigenvalue weighted by Crippen LogP contribution is 2.31. The highest BCUT2D eigenvalue weighted by atomic mass is 16.4. The molecule has 3 heterocycles. The number of piperidine rings is 2. The number of H-pyrrole nitrogens is 1. The predicted octanol–water partition coefficient (Wildman–Crippen LogP) is 2.32. The van der Waals surface area contributed by atoms with Crippen LogP contribution in [0.4, 0.5) is 0 Å². The normalized spacial score (nSPS) is 23.3. The van der Waals surface area contributed by atoms with Gasteiger partial charge in [0.15, 0.2) is 0 Å². The second kappa shape index (κ2) is 9.26. The average Bonchev–Trinajstić information content (AvgIpc) is 3.08. The van der Waals surface area contributed by atoms with E-state index in [2.05, 4.69) is 9.88 Å². The van der Waals surface area contributed by atoms with Gasteiger partial charge in [-0.1, -0.05) is 12.1 Å². The van der Waals surface area contributed by atoms with Crippen molar-refractivity contribution in [3.05, 3.63) is 34.7 Å². The Bertz CT molecular complexity index is 989. The number of carboxylic acids is 1. The van der Waals surface area contributed by atoms with E-state index < -0.39 is 5.97 Å². The number of hydrogen-bond acceptors (Lipinski definition) is 4. The molecule has 0 aliphatic carbocycles. The standard InChI is InChI=1S/C23H32N4O4/c1-16(28)26-13-7-17(14-22(29)30)18(15-26)6-10-25-11-8-19(9-12-25)27-21-5-3-2-4-20(21)24-23(27)31/h2-5,17-19H,6-15H2,1H3,(H,24,31)(H,29,30). The molecule has 2 N–H and O–H groups in total. The quantitative estimate of drug-likeness (QED) is 0.736. The molecule has 2 aromatic rings. The summed E-state index contributed by atoms with van der Waals surface area (Å²) in [7, 11) is 0. The van der Waals surface area contributed by atoms with Crippen molar-refractivity contribution in [1.29, 1.82) is 0 Å². The zero-order valence-corrected chi connectivity index (χ0v) is 18.1. The minimum absolute atomic E-state index is 0.0392. The number of para-hydroxylation sites is 2. The number of imidazole rings is 1. The summed E-state index contributed by atoms with van der Waals surface area (Å²) in [5.74, 6) is -0.321. The number of amides is 1. The SMILES string of the molecule is CC(=O)N1CCC(CC(=O)O)C(CCN2CCC(n3c(=O)[nH]c4ccccc43)CC2)C1. The molecule has 2 aliphatic heterocycles. The number of likely N-dealkylation sites (tertiary alicyclic amines) is 2. The minimum atomic E-state index is -0.753. The molecule has 1 amide bonds. The number of fused-ring (bicyclic) bond motifs is 1. The molecule has 2 fully saturated rings. The maximum absolute atomic E-state index is 12.5. The number of carbonyl (C=O) groups is 2. The number of nitrogens with zero attached hydrogens (tertiary/aromatic N) is 3. The lowest BCUT2D eigenvalue weighted by Gasteiger charge is -2.39. The van der Waals surface area contributed by atoms with Crippen molar-refractivity contribution in [3.63, 3.8) is 0 Å². The Morgan fingerprint density at radius 3 is 2.55 bits per heavy atom. The molecule has 1 aromatic carbocycles. The number of aromatic nitrogens is 2. The number of rotatable bonds is 6. The fourth-order valence-electron chi connectivity index (χ4n) is 5.37. The molecule has 4 rings (SSSR count). The molecule has 1 aromatic heterocycles. The van der Waals surface area contributed by atoms with Crippen molar-refractivity contribution in [2.24, 2.45) is 11.8 Å². The third kappa shape index (κ3) is 4.84. The van der Waals surface area contributed by atoms with Gasteiger partial charge in [-0.25, -0.2) is 4.79 Å². The first-order valence-electron chi connectivity index (χ1n) is 11.3. The Morgan fingerprint density at radius 1 is 1.10 bits per heavy atom. The van der Waals surface area contributed by atoms with Crippen LogP contribution in [0.2, 0.25) is 0 Å². The third-order valence-electron chi connectivity index (χ3n) is 7.14. The molecule has 8 heteroatoms. The van der Waals surface area contributed by atoms with Gasteiger partial charge in [0.25, 0.3) is 0 Å². The van der Waals surface area contributed by atoms with Gasteiger partial charge in [0.1, 0.15) is 0 Å². The zero-order chi connectivity index (χ0) is 22.0. The number of benzene rings is 1. The summed E-state index contributed by atoms with van der Waals surface area (Å²) in [6.45, 7) is 5.66. The Labute approximate surface area is 181 Å². The van der Waals surface area contributed by atoms with E-state index in [1.54, 1.807) is 6.92 Å². The van der Waals surface area contributed by atoms with Gasteiger partial charge in [0.2, 0.25) is 5.91 Å². The van der Waals surface area contributed by atoms with Gasteiger partial charge < -0.3 is 19.9 Å². The molecule has 2 saturated heterocycles. The molecule has 31 heavy (non-hydrogen) atoms. The van der Waals surface area contributed by atoms with Crippen molar-refractivity contribution < 1.29 is 14.7 Å². The zero-order valence-electron chi connectivity index (χ0n) is 18.1. The van der Waals surface area contributed by atoms with Crippen molar-refractivity contribution >= 4 is 22.9 Å². The van der Waals surface area contributed by atoms with Gasteiger partial charge in [0.05, 0.1) is 11.0 Å². The predicted molar refractivity (Wildman–Crippen MR) is 118 cm³/mol. The van der Waals surface area contributed by atoms with E-state index in [0.717, 1.165) is 56.4 Å². The Balaban J connectivity index is 1.34. The largest absolute Gasteiger partial charge is 0.481 e. The molecule has 168 valence electrons. The first-order chi connectivity index (χ1) is 14.9. The van der Waals surface area contributed by atoms with Crippen LogP contribution in [0.5, 0.6) is 0 Å². The smallest absolute Gasteiger partial charge is 0.326 e. The summed E-state index contributed by atoms with van der Waals surface area (Å²) >= 11 is 0. The summed E-state index contributed by atoms with van der Waals surface area (Å²) in [5.41, 5.74) is 1.81. The fourth-order valence-corrected chi connectivity index (χ4v) is 5.37. The van der Waals surface area contributed by atoms with Crippen LogP contribution in [0, 0.1) is 11.8 Å². The first kappa shape index (κ1) is 21.6. The number of carboxylic acid groups (broad SMARTS) is 1. The summed E-state index contributed by atoms with van der Waals surface area (Å²) in [6.07, 6.45) is 3.69. The number of hydrogen-bond donors (Lipinski definition) is 2. The van der Waals surface area contributed by atoms with Crippen LogP contribution in [-0.2, 0) is 9.59 Å². The van der Waals surface area contributed by atoms with Crippen molar-refractivity contribution in [2.45, 2.75) is 45.1 Å². The lowest BCUT2D eigenvalue weighted by molar-refractivity contribution is -0.139. The fraction of sp³-hybridized carbons (Fsp3) is 0.609. The molecule has 2 unspecified atom stereocenters. The van der Waals surface area contributed by atoms with E-state index in [0.29, 0.717) is 13.1 Å². The van der Waals surface area contributed by atoms with Gasteiger partial charge in [-0.15, -0.1) is 0 Å². The van der Waals surface area contributed by atoms with Crippen LogP contribution in [0.15, 0.2) is 29.1 Å². The number of nitrogens with one attached hydrogen (secondary N) is 1. The summed E-state index contributed by atoms with van der Waals surface area (Å²) in [4.78, 5) is 42.8. The maximum atomic E-state index is 12.5. The second-order valence-electron chi connectivity index (χ2n) is 9.05. The van der Waals surface area contributed by atoms with Crippen LogP contribution < -0.4 is 5.69 Å². The molecular formula is C23H32N4O4. The van der Waals surface area contributed by atoms with E-state index in [1.807, 2.05) is 33.7 Å². The molecule has 0 spiro atoms. The molecule has 2 aliphatic rings. The summed E-state index contributed by atoms with van der Waals surface area (Å²) < 4.78 is 1.90. The highest BCUT2D eigenvalue weighted by molar-refractivity contribution is 5.75. The van der Waals surface area contributed by atoms with Gasteiger partial charge in [0, 0.05) is 45.6 Å². The molecule has 0 bridgehead atoms. The third-order valence-corrected chi connectivity index (χ3v) is 7.14. The molecule has 2 atom stereocenters. The van der Waals surface area contributed by atoms with Crippen molar-refractivity contribution in [1.82, 2.24) is 19.4 Å². The second-order valence-corrected chi connectivity index (χ2v) is 9.05. The maximum Gasteiger partial charge on any atom is 0.326 e. The van der Waals surface area contributed by atoms with E-state index in [9.17, 15) is 19.5 Å². The van der Waals surface area contributed by atoms with Gasteiger partial charge in [-0.2, -0.15) is 0 Å².